The molecule has 9 nitrogen and oxygen atoms in total. The third-order valence-corrected chi connectivity index (χ3v) is 5.09. The lowest BCUT2D eigenvalue weighted by atomic mass is 10.1. The first-order chi connectivity index (χ1) is 14.1. The van der Waals surface area contributed by atoms with Crippen LogP contribution in [0.4, 0.5) is 0 Å². The number of benzene rings is 2. The van der Waals surface area contributed by atoms with E-state index in [1.807, 2.05) is 0 Å². The average Bonchev–Trinajstić information content (AvgIpc) is 3.37. The highest BCUT2D eigenvalue weighted by molar-refractivity contribution is 5.95. The topological polar surface area (TPSA) is 87.8 Å². The van der Waals surface area contributed by atoms with Gasteiger partial charge in [0.1, 0.15) is 5.75 Å². The maximum absolute atomic E-state index is 12.9. The third-order valence-electron chi connectivity index (χ3n) is 5.09. The molecule has 2 aliphatic heterocycles. The number of carbonyl (C=O) groups is 1. The minimum Gasteiger partial charge on any atom is -0.497 e. The molecular formula is C20H18N4O5. The second-order valence-electron chi connectivity index (χ2n) is 6.76. The smallest absolute Gasteiger partial charge is 0.350 e. The van der Waals surface area contributed by atoms with Gasteiger partial charge >= 0.3 is 5.69 Å². The van der Waals surface area contributed by atoms with Crippen LogP contribution in [0.15, 0.2) is 47.3 Å². The van der Waals surface area contributed by atoms with Crippen LogP contribution in [-0.2, 0) is 13.1 Å². The Bertz CT molecular complexity index is 1150. The molecule has 0 unspecified atom stereocenters. The number of hydrogen-bond acceptors (Lipinski definition) is 6. The van der Waals surface area contributed by atoms with Gasteiger partial charge in [0, 0.05) is 18.7 Å². The lowest BCUT2D eigenvalue weighted by Crippen LogP contribution is -2.40. The van der Waals surface area contributed by atoms with E-state index in [4.69, 9.17) is 14.2 Å². The monoisotopic (exact) mass is 394 g/mol. The lowest BCUT2D eigenvalue weighted by Gasteiger charge is -2.26. The number of carbonyl (C=O) groups excluding carboxylic acids is 1. The van der Waals surface area contributed by atoms with Crippen molar-refractivity contribution in [3.8, 4) is 22.9 Å². The van der Waals surface area contributed by atoms with Crippen LogP contribution in [-0.4, -0.2) is 45.6 Å². The van der Waals surface area contributed by atoms with Gasteiger partial charge in [0.2, 0.25) is 6.79 Å². The molecule has 0 radical (unpaired) electrons. The summed E-state index contributed by atoms with van der Waals surface area (Å²) in [5.74, 6) is 2.30. The Morgan fingerprint density at radius 2 is 1.86 bits per heavy atom. The Kier molecular flexibility index (Phi) is 4.01. The second kappa shape index (κ2) is 6.69. The van der Waals surface area contributed by atoms with Gasteiger partial charge in [-0.2, -0.15) is 4.68 Å². The van der Waals surface area contributed by atoms with Crippen LogP contribution < -0.4 is 19.9 Å². The Morgan fingerprint density at radius 1 is 1.07 bits per heavy atom. The van der Waals surface area contributed by atoms with Gasteiger partial charge in [-0.3, -0.25) is 9.36 Å². The molecule has 0 aliphatic carbocycles. The van der Waals surface area contributed by atoms with E-state index in [-0.39, 0.29) is 24.9 Å². The molecule has 3 aromatic rings. The van der Waals surface area contributed by atoms with Crippen molar-refractivity contribution in [2.75, 3.05) is 20.4 Å². The minimum atomic E-state index is -0.222. The first-order valence-electron chi connectivity index (χ1n) is 9.16. The Morgan fingerprint density at radius 3 is 2.66 bits per heavy atom. The summed E-state index contributed by atoms with van der Waals surface area (Å²) in [5, 5.41) is 4.45. The highest BCUT2D eigenvalue weighted by Gasteiger charge is 2.27. The van der Waals surface area contributed by atoms with Crippen molar-refractivity contribution in [3.63, 3.8) is 0 Å². The van der Waals surface area contributed by atoms with E-state index in [0.29, 0.717) is 47.4 Å². The third kappa shape index (κ3) is 2.91. The van der Waals surface area contributed by atoms with Crippen LogP contribution in [0.2, 0.25) is 0 Å². The van der Waals surface area contributed by atoms with E-state index in [1.165, 1.54) is 4.68 Å². The van der Waals surface area contributed by atoms with Crippen LogP contribution in [0.5, 0.6) is 17.2 Å². The number of fused-ring (bicyclic) bond motifs is 2. The van der Waals surface area contributed by atoms with Gasteiger partial charge < -0.3 is 19.1 Å². The number of amides is 1. The number of nitrogens with zero attached hydrogens (tertiary/aromatic N) is 4. The number of hydrogen-bond donors (Lipinski definition) is 0. The molecule has 0 N–H and O–H groups in total. The van der Waals surface area contributed by atoms with E-state index in [9.17, 15) is 9.59 Å². The van der Waals surface area contributed by atoms with Crippen molar-refractivity contribution in [2.45, 2.75) is 13.1 Å². The van der Waals surface area contributed by atoms with Gasteiger partial charge in [-0.15, -0.1) is 5.10 Å². The normalized spacial score (nSPS) is 14.6. The van der Waals surface area contributed by atoms with E-state index in [1.54, 1.807) is 59.0 Å². The second-order valence-corrected chi connectivity index (χ2v) is 6.76. The average molecular weight is 394 g/mol. The van der Waals surface area contributed by atoms with Crippen LogP contribution in [0, 0.1) is 0 Å². The first kappa shape index (κ1) is 17.4. The molecule has 0 saturated carbocycles. The number of rotatable bonds is 3. The summed E-state index contributed by atoms with van der Waals surface area (Å²) in [5.41, 5.74) is 0.936. The highest BCUT2D eigenvalue weighted by Crippen LogP contribution is 2.33. The zero-order valence-electron chi connectivity index (χ0n) is 15.7. The van der Waals surface area contributed by atoms with Gasteiger partial charge in [0.05, 0.1) is 19.3 Å². The predicted octanol–water partition coefficient (Wildman–Crippen LogP) is 1.43. The molecule has 9 heteroatoms. The first-order valence-corrected chi connectivity index (χ1v) is 9.16. The largest absolute Gasteiger partial charge is 0.497 e. The Labute approximate surface area is 165 Å². The van der Waals surface area contributed by atoms with E-state index in [0.717, 1.165) is 0 Å². The number of aromatic nitrogens is 3. The molecular weight excluding hydrogens is 376 g/mol. The van der Waals surface area contributed by atoms with Gasteiger partial charge in [-0.25, -0.2) is 4.79 Å². The molecule has 1 amide bonds. The summed E-state index contributed by atoms with van der Waals surface area (Å²) < 4.78 is 18.8. The van der Waals surface area contributed by atoms with E-state index >= 15 is 0 Å². The van der Waals surface area contributed by atoms with Crippen molar-refractivity contribution >= 4 is 5.91 Å². The van der Waals surface area contributed by atoms with Gasteiger partial charge in [-0.05, 0) is 42.5 Å². The summed E-state index contributed by atoms with van der Waals surface area (Å²) >= 11 is 0. The summed E-state index contributed by atoms with van der Waals surface area (Å²) in [7, 11) is 1.59. The molecule has 2 aromatic carbocycles. The Hall–Kier alpha value is -3.75. The maximum Gasteiger partial charge on any atom is 0.350 e. The number of ether oxygens (including phenoxy) is 3. The van der Waals surface area contributed by atoms with E-state index < -0.39 is 0 Å². The predicted molar refractivity (Wildman–Crippen MR) is 102 cm³/mol. The fourth-order valence-electron chi connectivity index (χ4n) is 3.53. The standard InChI is InChI=1S/C20H18N4O5/c1-27-15-5-3-14(4-6-15)24-20(26)23-9-8-22(11-18(23)21-24)19(25)13-2-7-16-17(10-13)29-12-28-16/h2-7,10H,8-9,11-12H2,1H3. The number of methoxy groups -OCH3 is 1. The molecule has 0 atom stereocenters. The molecule has 0 fully saturated rings. The lowest BCUT2D eigenvalue weighted by molar-refractivity contribution is 0.0706. The SMILES string of the molecule is COc1ccc(-n2nc3n(c2=O)CCN(C(=O)c2ccc4c(c2)OCO4)C3)cc1. The van der Waals surface area contributed by atoms with Crippen molar-refractivity contribution in [3.05, 3.63) is 64.3 Å². The highest BCUT2D eigenvalue weighted by atomic mass is 16.7. The molecule has 5 rings (SSSR count). The van der Waals surface area contributed by atoms with Crippen LogP contribution in [0.3, 0.4) is 0 Å². The molecule has 148 valence electrons. The summed E-state index contributed by atoms with van der Waals surface area (Å²) in [6.07, 6.45) is 0. The molecule has 0 saturated heterocycles. The van der Waals surface area contributed by atoms with Crippen molar-refractivity contribution in [1.29, 1.82) is 0 Å². The van der Waals surface area contributed by atoms with Gasteiger partial charge in [0.15, 0.2) is 17.3 Å². The van der Waals surface area contributed by atoms with Crippen LogP contribution in [0.1, 0.15) is 16.2 Å². The van der Waals surface area contributed by atoms with Crippen LogP contribution >= 0.6 is 0 Å². The molecule has 0 bridgehead atoms. The molecule has 3 heterocycles. The zero-order valence-corrected chi connectivity index (χ0v) is 15.7. The summed E-state index contributed by atoms with van der Waals surface area (Å²) in [4.78, 5) is 27.4. The quantitative estimate of drug-likeness (QED) is 0.668. The van der Waals surface area contributed by atoms with Crippen molar-refractivity contribution in [2.24, 2.45) is 0 Å². The Balaban J connectivity index is 1.41. The fraction of sp³-hybridized carbons (Fsp3) is 0.250. The summed E-state index contributed by atoms with van der Waals surface area (Å²) in [6, 6.07) is 12.2. The zero-order chi connectivity index (χ0) is 20.0. The van der Waals surface area contributed by atoms with Crippen molar-refractivity contribution < 1.29 is 19.0 Å². The maximum atomic E-state index is 12.9. The molecule has 1 aromatic heterocycles. The van der Waals surface area contributed by atoms with Gasteiger partial charge in [0.25, 0.3) is 5.91 Å². The minimum absolute atomic E-state index is 0.138. The molecule has 0 spiro atoms. The molecule has 2 aliphatic rings. The van der Waals surface area contributed by atoms with Gasteiger partial charge in [-0.1, -0.05) is 0 Å². The van der Waals surface area contributed by atoms with E-state index in [2.05, 4.69) is 5.10 Å². The van der Waals surface area contributed by atoms with Crippen LogP contribution in [0.25, 0.3) is 5.69 Å². The fourth-order valence-corrected chi connectivity index (χ4v) is 3.53. The van der Waals surface area contributed by atoms with Crippen molar-refractivity contribution in [1.82, 2.24) is 19.2 Å². The summed E-state index contributed by atoms with van der Waals surface area (Å²) in [6.45, 7) is 1.23. The molecule has 29 heavy (non-hydrogen) atoms.